The normalized spacial score (nSPS) is 20.7. The van der Waals surface area contributed by atoms with Crippen LogP contribution in [0.3, 0.4) is 0 Å². The van der Waals surface area contributed by atoms with Crippen LogP contribution in [0, 0.1) is 0 Å². The van der Waals surface area contributed by atoms with Gasteiger partial charge in [0.05, 0.1) is 6.67 Å². The van der Waals surface area contributed by atoms with E-state index in [1.807, 2.05) is 13.1 Å². The molecule has 1 fully saturated rings. The van der Waals surface area contributed by atoms with Gasteiger partial charge in [-0.15, -0.1) is 0 Å². The largest absolute Gasteiger partial charge is 0.356 e. The summed E-state index contributed by atoms with van der Waals surface area (Å²) in [4.78, 5) is 16.7. The summed E-state index contributed by atoms with van der Waals surface area (Å²) in [6, 6.07) is 0.374. The molecular formula is C9H17N3O. The number of aliphatic imine (C=N–C) groups is 1. The van der Waals surface area contributed by atoms with Crippen molar-refractivity contribution in [1.29, 1.82) is 0 Å². The van der Waals surface area contributed by atoms with Crippen molar-refractivity contribution in [2.24, 2.45) is 4.99 Å². The molecular weight excluding hydrogens is 166 g/mol. The lowest BCUT2D eigenvalue weighted by molar-refractivity contribution is -0.110. The van der Waals surface area contributed by atoms with Gasteiger partial charge in [0, 0.05) is 19.1 Å². The van der Waals surface area contributed by atoms with Crippen LogP contribution in [-0.2, 0) is 4.79 Å². The van der Waals surface area contributed by atoms with E-state index in [4.69, 9.17) is 0 Å². The van der Waals surface area contributed by atoms with Crippen molar-refractivity contribution in [2.75, 3.05) is 19.8 Å². The number of carbonyl (C=O) groups excluding carboxylic acids is 1. The molecule has 4 nitrogen and oxygen atoms in total. The second kappa shape index (κ2) is 5.70. The molecule has 1 aliphatic rings. The molecule has 1 rings (SSSR count). The van der Waals surface area contributed by atoms with Gasteiger partial charge >= 0.3 is 0 Å². The van der Waals surface area contributed by atoms with E-state index >= 15 is 0 Å². The molecule has 1 N–H and O–H groups in total. The topological polar surface area (TPSA) is 44.7 Å². The highest BCUT2D eigenvalue weighted by molar-refractivity contribution is 5.53. The van der Waals surface area contributed by atoms with Crippen LogP contribution >= 0.6 is 0 Å². The molecule has 0 bridgehead atoms. The quantitative estimate of drug-likeness (QED) is 0.501. The van der Waals surface area contributed by atoms with E-state index in [9.17, 15) is 4.79 Å². The molecule has 1 amide bonds. The molecule has 0 aliphatic carbocycles. The smallest absolute Gasteiger partial charge is 0.207 e. The molecule has 0 aromatic carbocycles. The zero-order chi connectivity index (χ0) is 9.52. The average Bonchev–Trinajstić information content (AvgIpc) is 2.17. The van der Waals surface area contributed by atoms with Crippen molar-refractivity contribution < 1.29 is 4.79 Å². The standard InChI is InChI=1S/C9H17N3O/c1-2-10-7-12-5-3-9(4-6-12)11-8-13/h2,8-9H,3-7H2,1H3,(H,11,13)/b10-2-. The maximum Gasteiger partial charge on any atom is 0.207 e. The van der Waals surface area contributed by atoms with Crippen molar-refractivity contribution >= 4 is 12.6 Å². The molecule has 1 heterocycles. The summed E-state index contributed by atoms with van der Waals surface area (Å²) in [6.45, 7) is 4.79. The van der Waals surface area contributed by atoms with Gasteiger partial charge in [0.2, 0.25) is 6.41 Å². The van der Waals surface area contributed by atoms with E-state index < -0.39 is 0 Å². The van der Waals surface area contributed by atoms with Gasteiger partial charge < -0.3 is 5.32 Å². The summed E-state index contributed by atoms with van der Waals surface area (Å²) in [7, 11) is 0. The minimum absolute atomic E-state index is 0.374. The SMILES string of the molecule is C/C=N\CN1CCC(NC=O)CC1. The molecule has 1 aliphatic heterocycles. The number of likely N-dealkylation sites (tertiary alicyclic amines) is 1. The van der Waals surface area contributed by atoms with Crippen LogP contribution in [0.1, 0.15) is 19.8 Å². The highest BCUT2D eigenvalue weighted by Gasteiger charge is 2.17. The molecule has 0 unspecified atom stereocenters. The molecule has 13 heavy (non-hydrogen) atoms. The Bertz CT molecular complexity index is 174. The van der Waals surface area contributed by atoms with E-state index in [-0.39, 0.29) is 0 Å². The van der Waals surface area contributed by atoms with Gasteiger partial charge in [0.25, 0.3) is 0 Å². The maximum absolute atomic E-state index is 10.2. The first kappa shape index (κ1) is 10.2. The van der Waals surface area contributed by atoms with Crippen LogP contribution in [0.25, 0.3) is 0 Å². The summed E-state index contributed by atoms with van der Waals surface area (Å²) in [6.07, 6.45) is 4.70. The van der Waals surface area contributed by atoms with E-state index in [1.54, 1.807) is 0 Å². The Balaban J connectivity index is 2.18. The van der Waals surface area contributed by atoms with Gasteiger partial charge in [0.1, 0.15) is 0 Å². The minimum Gasteiger partial charge on any atom is -0.356 e. The lowest BCUT2D eigenvalue weighted by Gasteiger charge is -2.30. The summed E-state index contributed by atoms with van der Waals surface area (Å²) in [5.41, 5.74) is 0. The van der Waals surface area contributed by atoms with E-state index in [0.29, 0.717) is 6.04 Å². The minimum atomic E-state index is 0.374. The van der Waals surface area contributed by atoms with Crippen molar-refractivity contribution in [3.63, 3.8) is 0 Å². The monoisotopic (exact) mass is 183 g/mol. The second-order valence-electron chi connectivity index (χ2n) is 3.26. The first-order chi connectivity index (χ1) is 6.36. The maximum atomic E-state index is 10.2. The zero-order valence-corrected chi connectivity index (χ0v) is 8.07. The summed E-state index contributed by atoms with van der Waals surface area (Å²) in [5.74, 6) is 0. The Morgan fingerprint density at radius 1 is 1.54 bits per heavy atom. The fourth-order valence-corrected chi connectivity index (χ4v) is 1.53. The number of nitrogens with one attached hydrogen (secondary N) is 1. The number of nitrogens with zero attached hydrogens (tertiary/aromatic N) is 2. The predicted octanol–water partition coefficient (Wildman–Crippen LogP) is 0.245. The van der Waals surface area contributed by atoms with Crippen LogP contribution in [-0.4, -0.2) is 43.3 Å². The van der Waals surface area contributed by atoms with Crippen LogP contribution < -0.4 is 5.32 Å². The van der Waals surface area contributed by atoms with Crippen molar-refractivity contribution in [1.82, 2.24) is 10.2 Å². The number of hydrogen-bond acceptors (Lipinski definition) is 3. The van der Waals surface area contributed by atoms with Gasteiger partial charge in [-0.2, -0.15) is 0 Å². The lowest BCUT2D eigenvalue weighted by Crippen LogP contribution is -2.42. The second-order valence-corrected chi connectivity index (χ2v) is 3.26. The Morgan fingerprint density at radius 2 is 2.23 bits per heavy atom. The van der Waals surface area contributed by atoms with E-state index in [0.717, 1.165) is 39.0 Å². The average molecular weight is 183 g/mol. The number of hydrogen-bond donors (Lipinski definition) is 1. The van der Waals surface area contributed by atoms with Crippen LogP contribution in [0.15, 0.2) is 4.99 Å². The zero-order valence-electron chi connectivity index (χ0n) is 8.07. The Kier molecular flexibility index (Phi) is 4.46. The van der Waals surface area contributed by atoms with E-state index in [1.165, 1.54) is 0 Å². The molecule has 1 saturated heterocycles. The number of carbonyl (C=O) groups is 1. The van der Waals surface area contributed by atoms with Crippen molar-refractivity contribution in [3.8, 4) is 0 Å². The van der Waals surface area contributed by atoms with Crippen LogP contribution in [0.4, 0.5) is 0 Å². The molecule has 0 aromatic rings. The molecule has 0 aromatic heterocycles. The summed E-state index contributed by atoms with van der Waals surface area (Å²) >= 11 is 0. The predicted molar refractivity (Wildman–Crippen MR) is 52.8 cm³/mol. The first-order valence-electron chi connectivity index (χ1n) is 4.73. The third-order valence-corrected chi connectivity index (χ3v) is 2.36. The molecule has 0 spiro atoms. The highest BCUT2D eigenvalue weighted by Crippen LogP contribution is 2.08. The summed E-state index contributed by atoms with van der Waals surface area (Å²) < 4.78 is 0. The molecule has 4 heteroatoms. The number of piperidine rings is 1. The fraction of sp³-hybridized carbons (Fsp3) is 0.778. The molecule has 0 atom stereocenters. The Hall–Kier alpha value is -0.900. The van der Waals surface area contributed by atoms with Crippen LogP contribution in [0.2, 0.25) is 0 Å². The third kappa shape index (κ3) is 3.55. The number of amides is 1. The molecule has 0 saturated carbocycles. The van der Waals surface area contributed by atoms with Crippen molar-refractivity contribution in [2.45, 2.75) is 25.8 Å². The lowest BCUT2D eigenvalue weighted by atomic mass is 10.1. The van der Waals surface area contributed by atoms with Crippen molar-refractivity contribution in [3.05, 3.63) is 0 Å². The van der Waals surface area contributed by atoms with Gasteiger partial charge in [-0.1, -0.05) is 0 Å². The molecule has 74 valence electrons. The van der Waals surface area contributed by atoms with Gasteiger partial charge in [-0.25, -0.2) is 0 Å². The fourth-order valence-electron chi connectivity index (χ4n) is 1.53. The Labute approximate surface area is 79.0 Å². The highest BCUT2D eigenvalue weighted by atomic mass is 16.1. The van der Waals surface area contributed by atoms with Crippen LogP contribution in [0.5, 0.6) is 0 Å². The van der Waals surface area contributed by atoms with Gasteiger partial charge in [-0.05, 0) is 26.0 Å². The summed E-state index contributed by atoms with van der Waals surface area (Å²) in [5, 5.41) is 2.82. The first-order valence-corrected chi connectivity index (χ1v) is 4.73. The van der Waals surface area contributed by atoms with Gasteiger partial charge in [0.15, 0.2) is 0 Å². The van der Waals surface area contributed by atoms with E-state index in [2.05, 4.69) is 15.2 Å². The number of rotatable bonds is 4. The Morgan fingerprint density at radius 3 is 2.77 bits per heavy atom. The molecule has 0 radical (unpaired) electrons. The third-order valence-electron chi connectivity index (χ3n) is 2.36. The van der Waals surface area contributed by atoms with Gasteiger partial charge in [-0.3, -0.25) is 14.7 Å².